The average molecular weight is 212 g/mol. The van der Waals surface area contributed by atoms with Crippen LogP contribution in [0.5, 0.6) is 0 Å². The summed E-state index contributed by atoms with van der Waals surface area (Å²) in [6.45, 7) is 1.15. The highest BCUT2D eigenvalue weighted by Crippen LogP contribution is 2.23. The van der Waals surface area contributed by atoms with Crippen LogP contribution in [-0.2, 0) is 6.61 Å². The molecule has 1 rings (SSSR count). The molecule has 0 aliphatic heterocycles. The quantitative estimate of drug-likeness (QED) is 0.560. The Kier molecular flexibility index (Phi) is 4.23. The molecule has 0 aromatic heterocycles. The Labute approximate surface area is 88.4 Å². The second-order valence-electron chi connectivity index (χ2n) is 3.48. The summed E-state index contributed by atoms with van der Waals surface area (Å²) >= 11 is 0. The molecule has 2 atom stereocenters. The van der Waals surface area contributed by atoms with Crippen LogP contribution in [0.2, 0.25) is 0 Å². The minimum atomic E-state index is -1.20. The van der Waals surface area contributed by atoms with E-state index in [4.69, 9.17) is 10.2 Å². The second-order valence-corrected chi connectivity index (χ2v) is 3.48. The molecule has 4 heteroatoms. The summed E-state index contributed by atoms with van der Waals surface area (Å²) in [6.07, 6.45) is -2.32. The van der Waals surface area contributed by atoms with Crippen LogP contribution >= 0.6 is 0 Å². The molecule has 0 heterocycles. The maximum Gasteiger partial charge on any atom is 0.107 e. The first-order valence-electron chi connectivity index (χ1n) is 4.78. The molecule has 0 saturated heterocycles. The zero-order chi connectivity index (χ0) is 11.4. The average Bonchev–Trinajstić information content (AvgIpc) is 2.27. The molecule has 15 heavy (non-hydrogen) atoms. The van der Waals surface area contributed by atoms with Crippen molar-refractivity contribution in [3.05, 3.63) is 34.9 Å². The van der Waals surface area contributed by atoms with Crippen LogP contribution in [-0.4, -0.2) is 33.1 Å². The van der Waals surface area contributed by atoms with Crippen LogP contribution in [0.3, 0.4) is 0 Å². The van der Waals surface area contributed by atoms with Crippen molar-refractivity contribution in [1.29, 1.82) is 0 Å². The topological polar surface area (TPSA) is 80.9 Å². The summed E-state index contributed by atoms with van der Waals surface area (Å²) in [5, 5.41) is 36.8. The van der Waals surface area contributed by atoms with Crippen molar-refractivity contribution in [2.45, 2.75) is 25.7 Å². The molecule has 0 bridgehead atoms. The first-order chi connectivity index (χ1) is 7.11. The fourth-order valence-electron chi connectivity index (χ4n) is 1.50. The Morgan fingerprint density at radius 1 is 1.20 bits per heavy atom. The molecule has 1 aromatic carbocycles. The lowest BCUT2D eigenvalue weighted by Crippen LogP contribution is -2.23. The summed E-state index contributed by atoms with van der Waals surface area (Å²) in [5.74, 6) is 0. The number of benzene rings is 1. The lowest BCUT2D eigenvalue weighted by molar-refractivity contribution is -0.0156. The van der Waals surface area contributed by atoms with Gasteiger partial charge in [0.1, 0.15) is 12.2 Å². The van der Waals surface area contributed by atoms with Crippen molar-refractivity contribution in [3.63, 3.8) is 0 Å². The van der Waals surface area contributed by atoms with Crippen LogP contribution in [0.25, 0.3) is 0 Å². The molecular formula is C11H16O4. The Bertz CT molecular complexity index is 324. The van der Waals surface area contributed by atoms with E-state index in [0.29, 0.717) is 11.1 Å². The zero-order valence-electron chi connectivity index (χ0n) is 8.59. The first-order valence-corrected chi connectivity index (χ1v) is 4.78. The van der Waals surface area contributed by atoms with Gasteiger partial charge in [-0.05, 0) is 23.6 Å². The third kappa shape index (κ3) is 2.54. The molecule has 0 aliphatic carbocycles. The molecule has 4 N–H and O–H groups in total. The summed E-state index contributed by atoms with van der Waals surface area (Å²) in [5.41, 5.74) is 1.97. The fraction of sp³-hybridized carbons (Fsp3) is 0.455. The van der Waals surface area contributed by atoms with Gasteiger partial charge in [0.15, 0.2) is 0 Å². The summed E-state index contributed by atoms with van der Waals surface area (Å²) in [4.78, 5) is 0. The monoisotopic (exact) mass is 212 g/mol. The predicted molar refractivity (Wildman–Crippen MR) is 55.2 cm³/mol. The van der Waals surface area contributed by atoms with E-state index in [-0.39, 0.29) is 6.61 Å². The molecule has 2 unspecified atom stereocenters. The number of aliphatic hydroxyl groups excluding tert-OH is 4. The van der Waals surface area contributed by atoms with Crippen LogP contribution in [0.15, 0.2) is 18.2 Å². The van der Waals surface area contributed by atoms with Crippen LogP contribution < -0.4 is 0 Å². The number of hydrogen-bond acceptors (Lipinski definition) is 4. The van der Waals surface area contributed by atoms with Crippen LogP contribution in [0, 0.1) is 6.92 Å². The molecule has 84 valence electrons. The maximum atomic E-state index is 9.70. The molecule has 0 spiro atoms. The maximum absolute atomic E-state index is 9.70. The van der Waals surface area contributed by atoms with Gasteiger partial charge in [-0.3, -0.25) is 0 Å². The Hall–Kier alpha value is -0.940. The third-order valence-corrected chi connectivity index (χ3v) is 2.53. The normalized spacial score (nSPS) is 15.0. The third-order valence-electron chi connectivity index (χ3n) is 2.53. The van der Waals surface area contributed by atoms with Gasteiger partial charge in [-0.15, -0.1) is 0 Å². The van der Waals surface area contributed by atoms with E-state index < -0.39 is 18.8 Å². The zero-order valence-corrected chi connectivity index (χ0v) is 8.59. The van der Waals surface area contributed by atoms with Crippen molar-refractivity contribution in [1.82, 2.24) is 0 Å². The van der Waals surface area contributed by atoms with Crippen LogP contribution in [0.4, 0.5) is 0 Å². The highest BCUT2D eigenvalue weighted by Gasteiger charge is 2.19. The van der Waals surface area contributed by atoms with Gasteiger partial charge in [0.25, 0.3) is 0 Å². The van der Waals surface area contributed by atoms with Crippen molar-refractivity contribution in [3.8, 4) is 0 Å². The second kappa shape index (κ2) is 5.23. The van der Waals surface area contributed by atoms with Crippen molar-refractivity contribution >= 4 is 0 Å². The minimum Gasteiger partial charge on any atom is -0.394 e. The van der Waals surface area contributed by atoms with E-state index in [1.807, 2.05) is 0 Å². The highest BCUT2D eigenvalue weighted by atomic mass is 16.4. The van der Waals surface area contributed by atoms with E-state index >= 15 is 0 Å². The van der Waals surface area contributed by atoms with Crippen molar-refractivity contribution in [2.24, 2.45) is 0 Å². The smallest absolute Gasteiger partial charge is 0.107 e. The van der Waals surface area contributed by atoms with E-state index in [2.05, 4.69) is 0 Å². The molecule has 0 amide bonds. The molecule has 0 fully saturated rings. The van der Waals surface area contributed by atoms with Crippen molar-refractivity contribution in [2.75, 3.05) is 6.61 Å². The van der Waals surface area contributed by atoms with E-state index in [9.17, 15) is 10.2 Å². The van der Waals surface area contributed by atoms with Crippen molar-refractivity contribution < 1.29 is 20.4 Å². The van der Waals surface area contributed by atoms with E-state index in [0.717, 1.165) is 5.56 Å². The number of rotatable bonds is 4. The van der Waals surface area contributed by atoms with E-state index in [1.54, 1.807) is 25.1 Å². The van der Waals surface area contributed by atoms with Gasteiger partial charge >= 0.3 is 0 Å². The molecule has 0 saturated carbocycles. The summed E-state index contributed by atoms with van der Waals surface area (Å²) in [7, 11) is 0. The first kappa shape index (κ1) is 12.1. The van der Waals surface area contributed by atoms with Gasteiger partial charge in [0.05, 0.1) is 13.2 Å². The highest BCUT2D eigenvalue weighted by molar-refractivity contribution is 5.35. The van der Waals surface area contributed by atoms with Gasteiger partial charge in [-0.25, -0.2) is 0 Å². The minimum absolute atomic E-state index is 0.110. The summed E-state index contributed by atoms with van der Waals surface area (Å²) < 4.78 is 0. The number of hydrogen-bond donors (Lipinski definition) is 4. The SMILES string of the molecule is Cc1c(CO)cccc1C(O)C(O)CO. The van der Waals surface area contributed by atoms with Gasteiger partial charge in [0, 0.05) is 0 Å². The summed E-state index contributed by atoms with van der Waals surface area (Å²) in [6, 6.07) is 5.11. The van der Waals surface area contributed by atoms with Gasteiger partial charge in [0.2, 0.25) is 0 Å². The van der Waals surface area contributed by atoms with Gasteiger partial charge < -0.3 is 20.4 Å². The molecule has 0 radical (unpaired) electrons. The number of aliphatic hydroxyl groups is 4. The standard InChI is InChI=1S/C11H16O4/c1-7-8(5-12)3-2-4-9(7)11(15)10(14)6-13/h2-4,10-15H,5-6H2,1H3. The van der Waals surface area contributed by atoms with Crippen LogP contribution in [0.1, 0.15) is 22.8 Å². The molecule has 4 nitrogen and oxygen atoms in total. The lowest BCUT2D eigenvalue weighted by atomic mass is 9.96. The van der Waals surface area contributed by atoms with E-state index in [1.165, 1.54) is 0 Å². The molecular weight excluding hydrogens is 196 g/mol. The Balaban J connectivity index is 3.03. The van der Waals surface area contributed by atoms with Gasteiger partial charge in [-0.1, -0.05) is 18.2 Å². The fourth-order valence-corrected chi connectivity index (χ4v) is 1.50. The van der Waals surface area contributed by atoms with Gasteiger partial charge in [-0.2, -0.15) is 0 Å². The lowest BCUT2D eigenvalue weighted by Gasteiger charge is -2.19. The molecule has 0 aliphatic rings. The largest absolute Gasteiger partial charge is 0.394 e. The predicted octanol–water partition coefficient (Wildman–Crippen LogP) is -0.126. The Morgan fingerprint density at radius 3 is 2.40 bits per heavy atom. The Morgan fingerprint density at radius 2 is 1.87 bits per heavy atom. The molecule has 1 aromatic rings.